The Kier molecular flexibility index (Phi) is 7.26. The summed E-state index contributed by atoms with van der Waals surface area (Å²) in [5.41, 5.74) is 0. The van der Waals surface area contributed by atoms with Gasteiger partial charge < -0.3 is 0 Å². The largest absolute Gasteiger partial charge is 0.0684 e. The maximum atomic E-state index is 2.35. The summed E-state index contributed by atoms with van der Waals surface area (Å²) < 4.78 is 0. The number of hydrogen-bond acceptors (Lipinski definition) is 0. The fraction of sp³-hybridized carbons (Fsp3) is 1.00. The molecule has 0 amide bonds. The molecule has 0 aromatic rings. The van der Waals surface area contributed by atoms with Crippen molar-refractivity contribution < 1.29 is 0 Å². The van der Waals surface area contributed by atoms with Crippen LogP contribution in [-0.2, 0) is 0 Å². The molecule has 0 bridgehead atoms. The Morgan fingerprint density at radius 1 is 1.11 bits per heavy atom. The van der Waals surface area contributed by atoms with Crippen molar-refractivity contribution in [1.82, 2.24) is 0 Å². The quantitative estimate of drug-likeness (QED) is 0.553. The molecule has 0 rings (SSSR count). The molecular weight excluding hydrogens is 156 g/mol. The smallest absolute Gasteiger partial charge is 0.0301 e. The van der Waals surface area contributed by atoms with Gasteiger partial charge in [-0.1, -0.05) is 38.9 Å². The molecule has 5 radical (unpaired) electrons. The van der Waals surface area contributed by atoms with Gasteiger partial charge in [-0.3, -0.25) is 0 Å². The Morgan fingerprint density at radius 3 is 2.00 bits per heavy atom. The van der Waals surface area contributed by atoms with Crippen LogP contribution in [0.3, 0.4) is 0 Å². The first-order chi connectivity index (χ1) is 4.35. The van der Waals surface area contributed by atoms with Gasteiger partial charge in [-0.05, 0) is 0 Å². The van der Waals surface area contributed by atoms with Gasteiger partial charge in [-0.15, -0.1) is 0 Å². The first-order valence-electron chi connectivity index (χ1n) is 3.68. The molecule has 0 aromatic heterocycles. The van der Waals surface area contributed by atoms with Gasteiger partial charge in [-0.2, -0.15) is 0 Å². The standard InChI is InChI=1S/C6H15Si3/c1-4-7-8-9(5-2)6-3/h4-6H2,1-3H3. The van der Waals surface area contributed by atoms with Crippen molar-refractivity contribution in [2.24, 2.45) is 0 Å². The highest BCUT2D eigenvalue weighted by Crippen LogP contribution is 1.94. The van der Waals surface area contributed by atoms with E-state index in [4.69, 9.17) is 0 Å². The third kappa shape index (κ3) is 5.11. The fourth-order valence-electron chi connectivity index (χ4n) is 0.640. The van der Waals surface area contributed by atoms with Crippen LogP contribution in [0.15, 0.2) is 0 Å². The van der Waals surface area contributed by atoms with Gasteiger partial charge in [-0.25, -0.2) is 0 Å². The van der Waals surface area contributed by atoms with Crippen molar-refractivity contribution in [2.75, 3.05) is 0 Å². The second kappa shape index (κ2) is 6.77. The molecule has 0 fully saturated rings. The predicted octanol–water partition coefficient (Wildman–Crippen LogP) is 1.78. The van der Waals surface area contributed by atoms with Crippen molar-refractivity contribution in [2.45, 2.75) is 38.9 Å². The van der Waals surface area contributed by atoms with E-state index >= 15 is 0 Å². The molecule has 0 unspecified atom stereocenters. The average Bonchev–Trinajstić information content (AvgIpc) is 1.91. The van der Waals surface area contributed by atoms with Crippen molar-refractivity contribution in [1.29, 1.82) is 0 Å². The van der Waals surface area contributed by atoms with E-state index in [-0.39, 0.29) is 8.31 Å². The molecule has 0 atom stereocenters. The van der Waals surface area contributed by atoms with E-state index < -0.39 is 0 Å². The molecule has 0 spiro atoms. The van der Waals surface area contributed by atoms with Gasteiger partial charge in [0.2, 0.25) is 0 Å². The van der Waals surface area contributed by atoms with Crippen LogP contribution in [0, 0.1) is 0 Å². The number of rotatable bonds is 5. The molecule has 0 aliphatic rings. The molecule has 0 aliphatic carbocycles. The average molecular weight is 171 g/mol. The zero-order valence-corrected chi connectivity index (χ0v) is 9.62. The summed E-state index contributed by atoms with van der Waals surface area (Å²) >= 11 is 0. The topological polar surface area (TPSA) is 0 Å². The van der Waals surface area contributed by atoms with Gasteiger partial charge in [0.25, 0.3) is 0 Å². The normalized spacial score (nSPS) is 10.7. The zero-order chi connectivity index (χ0) is 7.11. The molecule has 3 heteroatoms. The van der Waals surface area contributed by atoms with E-state index in [1.54, 1.807) is 0 Å². The summed E-state index contributed by atoms with van der Waals surface area (Å²) in [6, 6.07) is 4.41. The van der Waals surface area contributed by atoms with Crippen molar-refractivity contribution in [3.63, 3.8) is 0 Å². The van der Waals surface area contributed by atoms with E-state index in [1.165, 1.54) is 35.7 Å². The van der Waals surface area contributed by atoms with Crippen molar-refractivity contribution in [3.05, 3.63) is 0 Å². The Balaban J connectivity index is 3.09. The van der Waals surface area contributed by atoms with E-state index in [1.807, 2.05) is 0 Å². The van der Waals surface area contributed by atoms with E-state index in [9.17, 15) is 0 Å². The summed E-state index contributed by atoms with van der Waals surface area (Å²) in [7, 11) is 2.79. The minimum atomic E-state index is 0.154. The molecule has 9 heavy (non-hydrogen) atoms. The third-order valence-corrected chi connectivity index (χ3v) is 13.4. The third-order valence-electron chi connectivity index (χ3n) is 1.30. The maximum Gasteiger partial charge on any atom is 0.0301 e. The minimum absolute atomic E-state index is 0.154. The Hall–Kier alpha value is 0.651. The second-order valence-corrected chi connectivity index (χ2v) is 12.1. The first-order valence-corrected chi connectivity index (χ1v) is 9.80. The highest BCUT2D eigenvalue weighted by atomic mass is 29.5. The van der Waals surface area contributed by atoms with Crippen LogP contribution in [-0.4, -0.2) is 25.9 Å². The van der Waals surface area contributed by atoms with E-state index in [0.717, 1.165) is 0 Å². The molecule has 0 aliphatic heterocycles. The monoisotopic (exact) mass is 171 g/mol. The molecule has 0 aromatic carbocycles. The van der Waals surface area contributed by atoms with Crippen LogP contribution < -0.4 is 0 Å². The fourth-order valence-corrected chi connectivity index (χ4v) is 11.3. The van der Waals surface area contributed by atoms with Crippen LogP contribution in [0.5, 0.6) is 0 Å². The summed E-state index contributed by atoms with van der Waals surface area (Å²) in [5.74, 6) is 0. The highest BCUT2D eigenvalue weighted by Gasteiger charge is 2.04. The maximum absolute atomic E-state index is 2.35. The van der Waals surface area contributed by atoms with Gasteiger partial charge in [0.05, 0.1) is 0 Å². The number of hydrogen-bond donors (Lipinski definition) is 0. The Bertz CT molecular complexity index is 52.3. The van der Waals surface area contributed by atoms with Gasteiger partial charge in [0, 0.05) is 25.9 Å². The summed E-state index contributed by atoms with van der Waals surface area (Å²) in [6.45, 7) is 7.01. The summed E-state index contributed by atoms with van der Waals surface area (Å²) in [6.07, 6.45) is 0. The molecule has 0 saturated heterocycles. The summed E-state index contributed by atoms with van der Waals surface area (Å²) in [5, 5.41) is 0. The van der Waals surface area contributed by atoms with Gasteiger partial charge in [0.1, 0.15) is 0 Å². The van der Waals surface area contributed by atoms with Crippen LogP contribution in [0.1, 0.15) is 20.8 Å². The van der Waals surface area contributed by atoms with Gasteiger partial charge >= 0.3 is 0 Å². The lowest BCUT2D eigenvalue weighted by atomic mass is 11.0. The first kappa shape index (κ1) is 9.65. The van der Waals surface area contributed by atoms with E-state index in [2.05, 4.69) is 20.8 Å². The van der Waals surface area contributed by atoms with Crippen LogP contribution in [0.2, 0.25) is 18.1 Å². The minimum Gasteiger partial charge on any atom is -0.0684 e. The molecule has 51 valence electrons. The van der Waals surface area contributed by atoms with Crippen molar-refractivity contribution >= 4 is 25.9 Å². The van der Waals surface area contributed by atoms with Crippen molar-refractivity contribution in [3.8, 4) is 0 Å². The van der Waals surface area contributed by atoms with Crippen LogP contribution in [0.25, 0.3) is 0 Å². The lowest BCUT2D eigenvalue weighted by molar-refractivity contribution is 1.35. The second-order valence-electron chi connectivity index (χ2n) is 1.97. The molecule has 0 saturated carbocycles. The van der Waals surface area contributed by atoms with Crippen LogP contribution >= 0.6 is 0 Å². The predicted molar refractivity (Wildman–Crippen MR) is 48.7 cm³/mol. The Labute approximate surface area is 65.3 Å². The van der Waals surface area contributed by atoms with Gasteiger partial charge in [0.15, 0.2) is 0 Å². The van der Waals surface area contributed by atoms with Crippen LogP contribution in [0.4, 0.5) is 0 Å². The molecule has 0 heterocycles. The zero-order valence-electron chi connectivity index (χ0n) is 6.62. The lowest BCUT2D eigenvalue weighted by Gasteiger charge is -2.05. The molecule has 0 nitrogen and oxygen atoms in total. The Morgan fingerprint density at radius 2 is 1.67 bits per heavy atom. The highest BCUT2D eigenvalue weighted by molar-refractivity contribution is 7.35. The molecule has 0 N–H and O–H groups in total. The SMILES string of the molecule is CC[Si][Si][Si](CC)CC. The molecular formula is C6H15Si3. The van der Waals surface area contributed by atoms with E-state index in [0.29, 0.717) is 0 Å². The summed E-state index contributed by atoms with van der Waals surface area (Å²) in [4.78, 5) is 0. The lowest BCUT2D eigenvalue weighted by Crippen LogP contribution is -2.24.